The van der Waals surface area contributed by atoms with Crippen molar-refractivity contribution in [3.8, 4) is 5.75 Å². The van der Waals surface area contributed by atoms with E-state index < -0.39 is 28.5 Å². The lowest BCUT2D eigenvalue weighted by atomic mass is 10.0. The molecule has 0 saturated carbocycles. The summed E-state index contributed by atoms with van der Waals surface area (Å²) in [5.41, 5.74) is 2.69. The van der Waals surface area contributed by atoms with E-state index in [1.54, 1.807) is 60.7 Å². The van der Waals surface area contributed by atoms with Gasteiger partial charge in [-0.2, -0.15) is 0 Å². The molecule has 0 saturated heterocycles. The van der Waals surface area contributed by atoms with Crippen molar-refractivity contribution in [2.24, 2.45) is 0 Å². The highest BCUT2D eigenvalue weighted by molar-refractivity contribution is 7.92. The lowest BCUT2D eigenvalue weighted by Crippen LogP contribution is -2.53. The van der Waals surface area contributed by atoms with Crippen molar-refractivity contribution in [1.29, 1.82) is 0 Å². The second-order valence-electron chi connectivity index (χ2n) is 10.6. The highest BCUT2D eigenvalue weighted by Gasteiger charge is 2.35. The van der Waals surface area contributed by atoms with Crippen molar-refractivity contribution in [1.82, 2.24) is 10.2 Å². The number of carbonyl (C=O) groups excluding carboxylic acids is 2. The van der Waals surface area contributed by atoms with Crippen LogP contribution in [-0.2, 0) is 32.6 Å². The van der Waals surface area contributed by atoms with Crippen molar-refractivity contribution >= 4 is 39.1 Å². The minimum atomic E-state index is -4.24. The molecule has 45 heavy (non-hydrogen) atoms. The maximum atomic E-state index is 14.5. The van der Waals surface area contributed by atoms with Crippen molar-refractivity contribution in [2.45, 2.75) is 44.2 Å². The summed E-state index contributed by atoms with van der Waals surface area (Å²) in [4.78, 5) is 29.7. The number of hydrogen-bond donors (Lipinski definition) is 1. The lowest BCUT2D eigenvalue weighted by Gasteiger charge is -2.34. The zero-order chi connectivity index (χ0) is 32.4. The van der Waals surface area contributed by atoms with Crippen molar-refractivity contribution in [3.63, 3.8) is 0 Å². The molecule has 4 rings (SSSR count). The summed E-state index contributed by atoms with van der Waals surface area (Å²) in [5, 5.41) is 3.47. The van der Waals surface area contributed by atoms with Gasteiger partial charge in [-0.1, -0.05) is 90.8 Å². The summed E-state index contributed by atoms with van der Waals surface area (Å²) in [7, 11) is -2.80. The maximum absolute atomic E-state index is 14.5. The van der Waals surface area contributed by atoms with Crippen LogP contribution in [-0.4, -0.2) is 51.4 Å². The molecule has 0 aromatic heterocycles. The number of nitrogens with zero attached hydrogens (tertiary/aromatic N) is 2. The molecule has 8 nitrogen and oxygen atoms in total. The van der Waals surface area contributed by atoms with Crippen LogP contribution in [0.1, 0.15) is 30.0 Å². The number of methoxy groups -OCH3 is 1. The molecule has 0 bridgehead atoms. The van der Waals surface area contributed by atoms with Gasteiger partial charge in [-0.15, -0.1) is 0 Å². The Morgan fingerprint density at radius 1 is 0.867 bits per heavy atom. The molecule has 4 aromatic rings. The Labute approximate surface area is 270 Å². The second-order valence-corrected chi connectivity index (χ2v) is 12.9. The van der Waals surface area contributed by atoms with E-state index in [2.05, 4.69) is 5.32 Å². The van der Waals surface area contributed by atoms with Crippen LogP contribution in [0.4, 0.5) is 5.69 Å². The van der Waals surface area contributed by atoms with E-state index in [4.69, 9.17) is 16.3 Å². The largest absolute Gasteiger partial charge is 0.495 e. The second kappa shape index (κ2) is 15.6. The SMILES string of the molecule is CCCNC(=O)C(Cc1ccccc1)N(Cc1ccc(Cl)cc1)C(=O)CN(c1ccccc1OC)S(=O)(=O)c1ccc(C)cc1. The minimum absolute atomic E-state index is 0.0255. The summed E-state index contributed by atoms with van der Waals surface area (Å²) in [5.74, 6) is -0.598. The van der Waals surface area contributed by atoms with Crippen LogP contribution in [0.5, 0.6) is 5.75 Å². The van der Waals surface area contributed by atoms with Crippen molar-refractivity contribution in [3.05, 3.63) is 125 Å². The molecule has 0 aliphatic heterocycles. The number of anilines is 1. The summed E-state index contributed by atoms with van der Waals surface area (Å²) in [6, 6.07) is 28.6. The third-order valence-electron chi connectivity index (χ3n) is 7.33. The van der Waals surface area contributed by atoms with E-state index in [9.17, 15) is 18.0 Å². The van der Waals surface area contributed by atoms with Crippen molar-refractivity contribution in [2.75, 3.05) is 24.5 Å². The Morgan fingerprint density at radius 2 is 1.51 bits per heavy atom. The van der Waals surface area contributed by atoms with Crippen LogP contribution in [0.2, 0.25) is 5.02 Å². The molecule has 2 amide bonds. The van der Waals surface area contributed by atoms with Crippen molar-refractivity contribution < 1.29 is 22.7 Å². The number of hydrogen-bond acceptors (Lipinski definition) is 5. The maximum Gasteiger partial charge on any atom is 0.264 e. The van der Waals surface area contributed by atoms with Gasteiger partial charge in [-0.05, 0) is 60.9 Å². The molecular weight excluding hydrogens is 610 g/mol. The van der Waals surface area contributed by atoms with E-state index in [1.807, 2.05) is 44.2 Å². The molecule has 0 heterocycles. The highest BCUT2D eigenvalue weighted by Crippen LogP contribution is 2.33. The predicted octanol–water partition coefficient (Wildman–Crippen LogP) is 6.02. The number of benzene rings is 4. The predicted molar refractivity (Wildman–Crippen MR) is 178 cm³/mol. The molecule has 4 aromatic carbocycles. The average molecular weight is 648 g/mol. The first-order valence-electron chi connectivity index (χ1n) is 14.7. The smallest absolute Gasteiger partial charge is 0.264 e. The molecule has 10 heteroatoms. The number of ether oxygens (including phenoxy) is 1. The zero-order valence-electron chi connectivity index (χ0n) is 25.6. The van der Waals surface area contributed by atoms with E-state index in [-0.39, 0.29) is 35.2 Å². The summed E-state index contributed by atoms with van der Waals surface area (Å²) < 4.78 is 35.0. The molecular formula is C35H38ClN3O5S. The zero-order valence-corrected chi connectivity index (χ0v) is 27.2. The Bertz CT molecular complexity index is 1680. The number of sulfonamides is 1. The standard InChI is InChI=1S/C35H38ClN3O5S/c1-4-22-37-35(41)32(23-27-10-6-5-7-11-27)38(24-28-16-18-29(36)19-17-28)34(40)25-39(31-12-8-9-13-33(31)44-3)45(42,43)30-20-14-26(2)15-21-30/h5-21,32H,4,22-25H2,1-3H3,(H,37,41). The van der Waals surface area contributed by atoms with E-state index in [0.29, 0.717) is 18.0 Å². The van der Waals surface area contributed by atoms with Gasteiger partial charge in [0.25, 0.3) is 10.0 Å². The van der Waals surface area contributed by atoms with Crippen LogP contribution < -0.4 is 14.4 Å². The first-order chi connectivity index (χ1) is 21.6. The van der Waals surface area contributed by atoms with Gasteiger partial charge in [0.05, 0.1) is 17.7 Å². The van der Waals surface area contributed by atoms with Crippen LogP contribution >= 0.6 is 11.6 Å². The number of para-hydroxylation sites is 2. The summed E-state index contributed by atoms with van der Waals surface area (Å²) in [6.45, 7) is 3.73. The quantitative estimate of drug-likeness (QED) is 0.181. The molecule has 0 aliphatic carbocycles. The number of nitrogens with one attached hydrogen (secondary N) is 1. The van der Waals surface area contributed by atoms with Crippen LogP contribution in [0.3, 0.4) is 0 Å². The number of halogens is 1. The molecule has 0 fully saturated rings. The molecule has 1 atom stereocenters. The Kier molecular flexibility index (Phi) is 11.6. The van der Waals surface area contributed by atoms with Gasteiger partial charge >= 0.3 is 0 Å². The molecule has 0 spiro atoms. The molecule has 236 valence electrons. The summed E-state index contributed by atoms with van der Waals surface area (Å²) >= 11 is 6.14. The molecule has 1 N–H and O–H groups in total. The first-order valence-corrected chi connectivity index (χ1v) is 16.5. The number of amides is 2. The number of rotatable bonds is 14. The first kappa shape index (κ1) is 33.6. The fraction of sp³-hybridized carbons (Fsp3) is 0.257. The highest BCUT2D eigenvalue weighted by atomic mass is 35.5. The fourth-order valence-electron chi connectivity index (χ4n) is 4.89. The van der Waals surface area contributed by atoms with Gasteiger partial charge < -0.3 is 15.0 Å². The number of aryl methyl sites for hydroxylation is 1. The van der Waals surface area contributed by atoms with Gasteiger partial charge in [-0.3, -0.25) is 13.9 Å². The van der Waals surface area contributed by atoms with Gasteiger partial charge in [0, 0.05) is 24.5 Å². The number of carbonyl (C=O) groups is 2. The molecule has 0 aliphatic rings. The normalized spacial score (nSPS) is 11.8. The fourth-order valence-corrected chi connectivity index (χ4v) is 6.44. The van der Waals surface area contributed by atoms with Crippen LogP contribution in [0.15, 0.2) is 108 Å². The third-order valence-corrected chi connectivity index (χ3v) is 9.35. The van der Waals surface area contributed by atoms with Gasteiger partial charge in [-0.25, -0.2) is 8.42 Å². The third kappa shape index (κ3) is 8.65. The lowest BCUT2D eigenvalue weighted by molar-refractivity contribution is -0.140. The topological polar surface area (TPSA) is 96.0 Å². The van der Waals surface area contributed by atoms with E-state index in [1.165, 1.54) is 24.1 Å². The van der Waals surface area contributed by atoms with Gasteiger partial charge in [0.2, 0.25) is 11.8 Å². The average Bonchev–Trinajstić information content (AvgIpc) is 3.05. The molecule has 0 radical (unpaired) electrons. The minimum Gasteiger partial charge on any atom is -0.495 e. The van der Waals surface area contributed by atoms with Crippen LogP contribution in [0, 0.1) is 6.92 Å². The van der Waals surface area contributed by atoms with Gasteiger partial charge in [0.1, 0.15) is 18.3 Å². The Hall–Kier alpha value is -4.34. The Morgan fingerprint density at radius 3 is 2.16 bits per heavy atom. The molecule has 1 unspecified atom stereocenters. The monoisotopic (exact) mass is 647 g/mol. The van der Waals surface area contributed by atoms with Gasteiger partial charge in [0.15, 0.2) is 0 Å². The van der Waals surface area contributed by atoms with E-state index in [0.717, 1.165) is 21.0 Å². The van der Waals surface area contributed by atoms with E-state index >= 15 is 0 Å². The summed E-state index contributed by atoms with van der Waals surface area (Å²) in [6.07, 6.45) is 0.945. The van der Waals surface area contributed by atoms with Crippen LogP contribution in [0.25, 0.3) is 0 Å². The Balaban J connectivity index is 1.82.